The van der Waals surface area contributed by atoms with Crippen LogP contribution in [0.3, 0.4) is 0 Å². The summed E-state index contributed by atoms with van der Waals surface area (Å²) in [7, 11) is 1.58. The summed E-state index contributed by atoms with van der Waals surface area (Å²) in [5, 5.41) is 13.2. The lowest BCUT2D eigenvalue weighted by atomic mass is 9.97. The lowest BCUT2D eigenvalue weighted by Crippen LogP contribution is -2.37. The molecule has 0 fully saturated rings. The fourth-order valence-corrected chi connectivity index (χ4v) is 2.69. The van der Waals surface area contributed by atoms with Gasteiger partial charge in [-0.3, -0.25) is 4.79 Å². The zero-order valence-electron chi connectivity index (χ0n) is 14.7. The van der Waals surface area contributed by atoms with Gasteiger partial charge in [-0.25, -0.2) is 4.39 Å². The smallest absolute Gasteiger partial charge is 0.220 e. The number of amides is 1. The van der Waals surface area contributed by atoms with Crippen molar-refractivity contribution in [2.45, 2.75) is 38.3 Å². The number of aliphatic hydroxyl groups excluding tert-OH is 1. The summed E-state index contributed by atoms with van der Waals surface area (Å²) in [6, 6.07) is 12.9. The van der Waals surface area contributed by atoms with E-state index in [0.717, 1.165) is 5.56 Å². The molecule has 5 heteroatoms. The fraction of sp³-hybridized carbons (Fsp3) is 0.350. The molecule has 2 N–H and O–H groups in total. The number of nitrogens with one attached hydrogen (secondary N) is 1. The average molecular weight is 345 g/mol. The summed E-state index contributed by atoms with van der Waals surface area (Å²) in [6.07, 6.45) is -0.595. The van der Waals surface area contributed by atoms with E-state index in [-0.39, 0.29) is 24.1 Å². The molecule has 0 aliphatic heterocycles. The molecule has 0 heterocycles. The van der Waals surface area contributed by atoms with Crippen molar-refractivity contribution in [1.29, 1.82) is 0 Å². The number of hydrogen-bond acceptors (Lipinski definition) is 3. The Morgan fingerprint density at radius 3 is 2.44 bits per heavy atom. The quantitative estimate of drug-likeness (QED) is 0.807. The maximum atomic E-state index is 13.3. The van der Waals surface area contributed by atoms with Crippen LogP contribution in [0.5, 0.6) is 5.75 Å². The van der Waals surface area contributed by atoms with Gasteiger partial charge in [0.25, 0.3) is 0 Å². The molecule has 3 atom stereocenters. The molecule has 4 nitrogen and oxygen atoms in total. The van der Waals surface area contributed by atoms with Gasteiger partial charge in [-0.1, -0.05) is 31.2 Å². The number of ether oxygens (including phenoxy) is 1. The summed E-state index contributed by atoms with van der Waals surface area (Å²) in [5.74, 6) is 0.0995. The number of methoxy groups -OCH3 is 1. The third-order valence-electron chi connectivity index (χ3n) is 4.23. The zero-order valence-corrected chi connectivity index (χ0v) is 14.7. The highest BCUT2D eigenvalue weighted by Crippen LogP contribution is 2.22. The molecule has 0 bridgehead atoms. The molecule has 25 heavy (non-hydrogen) atoms. The third kappa shape index (κ3) is 5.29. The van der Waals surface area contributed by atoms with Gasteiger partial charge in [0.1, 0.15) is 11.6 Å². The van der Waals surface area contributed by atoms with Crippen molar-refractivity contribution in [2.75, 3.05) is 7.11 Å². The van der Waals surface area contributed by atoms with Crippen LogP contribution in [-0.4, -0.2) is 24.2 Å². The van der Waals surface area contributed by atoms with Gasteiger partial charge in [0.15, 0.2) is 0 Å². The summed E-state index contributed by atoms with van der Waals surface area (Å²) in [5.41, 5.74) is 1.48. The van der Waals surface area contributed by atoms with Gasteiger partial charge >= 0.3 is 0 Å². The van der Waals surface area contributed by atoms with Crippen molar-refractivity contribution in [3.8, 4) is 5.75 Å². The molecular formula is C20H24FNO3. The Morgan fingerprint density at radius 2 is 1.84 bits per heavy atom. The number of hydrogen-bond donors (Lipinski definition) is 2. The third-order valence-corrected chi connectivity index (χ3v) is 4.23. The number of aliphatic hydroxyl groups is 1. The van der Waals surface area contributed by atoms with Crippen LogP contribution in [0.25, 0.3) is 0 Å². The number of rotatable bonds is 7. The van der Waals surface area contributed by atoms with E-state index in [1.165, 1.54) is 12.1 Å². The topological polar surface area (TPSA) is 58.6 Å². The fourth-order valence-electron chi connectivity index (χ4n) is 2.69. The molecule has 0 aliphatic rings. The second-order valence-electron chi connectivity index (χ2n) is 6.23. The van der Waals surface area contributed by atoms with Gasteiger partial charge in [0, 0.05) is 6.42 Å². The van der Waals surface area contributed by atoms with Gasteiger partial charge < -0.3 is 15.2 Å². The molecule has 0 saturated heterocycles. The summed E-state index contributed by atoms with van der Waals surface area (Å²) < 4.78 is 18.4. The van der Waals surface area contributed by atoms with Crippen molar-refractivity contribution in [2.24, 2.45) is 0 Å². The highest BCUT2D eigenvalue weighted by molar-refractivity contribution is 5.77. The Morgan fingerprint density at radius 1 is 1.16 bits per heavy atom. The van der Waals surface area contributed by atoms with Crippen molar-refractivity contribution in [3.63, 3.8) is 0 Å². The molecule has 1 amide bonds. The molecule has 2 rings (SSSR count). The first-order valence-corrected chi connectivity index (χ1v) is 8.27. The summed E-state index contributed by atoms with van der Waals surface area (Å²) in [6.45, 7) is 3.62. The first-order valence-electron chi connectivity index (χ1n) is 8.27. The largest absolute Gasteiger partial charge is 0.497 e. The Kier molecular flexibility index (Phi) is 6.53. The number of benzene rings is 2. The molecule has 0 aromatic heterocycles. The van der Waals surface area contributed by atoms with Gasteiger partial charge in [0.2, 0.25) is 5.91 Å². The first-order chi connectivity index (χ1) is 11.9. The minimum atomic E-state index is -0.820. The van der Waals surface area contributed by atoms with E-state index in [1.807, 2.05) is 6.92 Å². The summed E-state index contributed by atoms with van der Waals surface area (Å²) in [4.78, 5) is 12.2. The van der Waals surface area contributed by atoms with Crippen LogP contribution in [-0.2, 0) is 4.79 Å². The molecule has 2 aromatic carbocycles. The van der Waals surface area contributed by atoms with Gasteiger partial charge in [0.05, 0.1) is 19.3 Å². The zero-order chi connectivity index (χ0) is 18.4. The van der Waals surface area contributed by atoms with Crippen molar-refractivity contribution in [1.82, 2.24) is 5.32 Å². The van der Waals surface area contributed by atoms with E-state index in [1.54, 1.807) is 50.4 Å². The normalized spacial score (nSPS) is 14.4. The molecule has 0 spiro atoms. The number of carbonyl (C=O) groups is 1. The molecular weight excluding hydrogens is 321 g/mol. The van der Waals surface area contributed by atoms with E-state index in [0.29, 0.717) is 11.3 Å². The number of halogens is 1. The van der Waals surface area contributed by atoms with Gasteiger partial charge in [-0.2, -0.15) is 0 Å². The Hall–Kier alpha value is -2.40. The van der Waals surface area contributed by atoms with Crippen LogP contribution in [0, 0.1) is 5.82 Å². The van der Waals surface area contributed by atoms with Crippen molar-refractivity contribution < 1.29 is 19.0 Å². The molecule has 2 aromatic rings. The molecule has 0 radical (unpaired) electrons. The predicted octanol–water partition coefficient (Wildman–Crippen LogP) is 3.57. The Labute approximate surface area is 147 Å². The molecule has 0 aliphatic carbocycles. The average Bonchev–Trinajstić information content (AvgIpc) is 2.61. The Bertz CT molecular complexity index is 702. The van der Waals surface area contributed by atoms with E-state index in [9.17, 15) is 14.3 Å². The molecule has 3 unspecified atom stereocenters. The van der Waals surface area contributed by atoms with Gasteiger partial charge in [-0.05, 0) is 48.2 Å². The van der Waals surface area contributed by atoms with Crippen LogP contribution in [0.1, 0.15) is 43.4 Å². The predicted molar refractivity (Wildman–Crippen MR) is 95.0 cm³/mol. The second-order valence-corrected chi connectivity index (χ2v) is 6.23. The number of carbonyl (C=O) groups excluding carboxylic acids is 1. The molecule has 0 saturated carbocycles. The van der Waals surface area contributed by atoms with Crippen LogP contribution < -0.4 is 10.1 Å². The first kappa shape index (κ1) is 18.9. The molecule has 134 valence electrons. The highest BCUT2D eigenvalue weighted by atomic mass is 19.1. The van der Waals surface area contributed by atoms with E-state index in [2.05, 4.69) is 5.32 Å². The lowest BCUT2D eigenvalue weighted by Gasteiger charge is -2.22. The minimum absolute atomic E-state index is 0.110. The van der Waals surface area contributed by atoms with Crippen LogP contribution in [0.4, 0.5) is 4.39 Å². The standard InChI is InChI=1S/C20H24FNO3/c1-13(16-5-4-6-17(21)12-16)11-19(23)22-14(2)20(24)15-7-9-18(25-3)10-8-15/h4-10,12-14,20,24H,11H2,1-3H3,(H,22,23). The van der Waals surface area contributed by atoms with Crippen molar-refractivity contribution >= 4 is 5.91 Å². The SMILES string of the molecule is COc1ccc(C(O)C(C)NC(=O)CC(C)c2cccc(F)c2)cc1. The Balaban J connectivity index is 1.92. The van der Waals surface area contributed by atoms with Crippen LogP contribution >= 0.6 is 0 Å². The van der Waals surface area contributed by atoms with E-state index < -0.39 is 12.1 Å². The minimum Gasteiger partial charge on any atom is -0.497 e. The maximum absolute atomic E-state index is 13.3. The van der Waals surface area contributed by atoms with Crippen LogP contribution in [0.2, 0.25) is 0 Å². The van der Waals surface area contributed by atoms with E-state index >= 15 is 0 Å². The maximum Gasteiger partial charge on any atom is 0.220 e. The highest BCUT2D eigenvalue weighted by Gasteiger charge is 2.20. The summed E-state index contributed by atoms with van der Waals surface area (Å²) >= 11 is 0. The van der Waals surface area contributed by atoms with Crippen molar-refractivity contribution in [3.05, 3.63) is 65.5 Å². The van der Waals surface area contributed by atoms with Gasteiger partial charge in [-0.15, -0.1) is 0 Å². The van der Waals surface area contributed by atoms with E-state index in [4.69, 9.17) is 4.74 Å². The second kappa shape index (κ2) is 8.62. The lowest BCUT2D eigenvalue weighted by molar-refractivity contribution is -0.122. The monoisotopic (exact) mass is 345 g/mol. The van der Waals surface area contributed by atoms with Crippen LogP contribution in [0.15, 0.2) is 48.5 Å².